The van der Waals surface area contributed by atoms with Crippen molar-refractivity contribution in [2.24, 2.45) is 0 Å². The van der Waals surface area contributed by atoms with Gasteiger partial charge in [-0.25, -0.2) is 0 Å². The predicted octanol–water partition coefficient (Wildman–Crippen LogP) is 1.84. The molecule has 0 spiro atoms. The van der Waals surface area contributed by atoms with E-state index in [0.717, 1.165) is 28.7 Å². The summed E-state index contributed by atoms with van der Waals surface area (Å²) in [5, 5.41) is 13.3. The number of benzene rings is 1. The molecule has 3 rings (SSSR count). The first-order valence-corrected chi connectivity index (χ1v) is 8.43. The molecular formula is C15H17NO4S. The Hall–Kier alpha value is -1.66. The lowest BCUT2D eigenvalue weighted by Gasteiger charge is -2.27. The molecule has 0 aliphatic carbocycles. The van der Waals surface area contributed by atoms with Crippen LogP contribution in [0.15, 0.2) is 28.7 Å². The molecule has 2 aromatic rings. The molecule has 112 valence electrons. The van der Waals surface area contributed by atoms with Gasteiger partial charge >= 0.3 is 5.97 Å². The number of carboxylic acids is 1. The standard InChI is InChI=1S/C15H17NO4S/c1-2-9-10-5-3-4-6-13(10)20-14(9)11-7-21(19)8-12(16-11)15(17)18/h3-6,11-12,16H,2,7-8H2,1H3,(H,17,18). The number of hydrogen-bond donors (Lipinski definition) is 2. The minimum absolute atomic E-state index is 0.146. The van der Waals surface area contributed by atoms with Crippen molar-refractivity contribution in [1.82, 2.24) is 5.32 Å². The number of fused-ring (bicyclic) bond motifs is 1. The molecule has 6 heteroatoms. The number of rotatable bonds is 3. The topological polar surface area (TPSA) is 79.5 Å². The molecule has 3 unspecified atom stereocenters. The van der Waals surface area contributed by atoms with Gasteiger partial charge in [0.25, 0.3) is 0 Å². The summed E-state index contributed by atoms with van der Waals surface area (Å²) in [6.45, 7) is 2.04. The van der Waals surface area contributed by atoms with Crippen molar-refractivity contribution in [3.8, 4) is 0 Å². The van der Waals surface area contributed by atoms with E-state index in [1.807, 2.05) is 31.2 Å². The molecule has 1 saturated heterocycles. The number of aryl methyl sites for hydroxylation is 1. The van der Waals surface area contributed by atoms with Crippen molar-refractivity contribution in [2.45, 2.75) is 25.4 Å². The number of furan rings is 1. The number of nitrogens with one attached hydrogen (secondary N) is 1. The summed E-state index contributed by atoms with van der Waals surface area (Å²) in [5.74, 6) is 0.282. The normalized spacial score (nSPS) is 26.0. The van der Waals surface area contributed by atoms with Gasteiger partial charge in [0.15, 0.2) is 0 Å². The Morgan fingerprint density at radius 1 is 1.43 bits per heavy atom. The van der Waals surface area contributed by atoms with Crippen LogP contribution in [0.2, 0.25) is 0 Å². The second-order valence-electron chi connectivity index (χ2n) is 5.18. The van der Waals surface area contributed by atoms with E-state index in [1.165, 1.54) is 0 Å². The number of para-hydroxylation sites is 1. The zero-order valence-electron chi connectivity index (χ0n) is 11.7. The van der Waals surface area contributed by atoms with Crippen LogP contribution < -0.4 is 5.32 Å². The molecule has 0 amide bonds. The van der Waals surface area contributed by atoms with Crippen LogP contribution in [-0.2, 0) is 22.0 Å². The van der Waals surface area contributed by atoms with Crippen LogP contribution in [0.25, 0.3) is 11.0 Å². The van der Waals surface area contributed by atoms with Crippen LogP contribution >= 0.6 is 0 Å². The molecule has 0 saturated carbocycles. The Morgan fingerprint density at radius 2 is 2.19 bits per heavy atom. The third-order valence-corrected chi connectivity index (χ3v) is 5.22. The average molecular weight is 307 g/mol. The molecule has 1 aliphatic rings. The molecule has 5 nitrogen and oxygen atoms in total. The fraction of sp³-hybridized carbons (Fsp3) is 0.400. The summed E-state index contributed by atoms with van der Waals surface area (Å²) < 4.78 is 17.9. The van der Waals surface area contributed by atoms with E-state index in [4.69, 9.17) is 9.52 Å². The van der Waals surface area contributed by atoms with Crippen LogP contribution in [0.1, 0.15) is 24.3 Å². The fourth-order valence-electron chi connectivity index (χ4n) is 2.84. The molecule has 0 radical (unpaired) electrons. The van der Waals surface area contributed by atoms with Crippen LogP contribution in [0, 0.1) is 0 Å². The summed E-state index contributed by atoms with van der Waals surface area (Å²) in [5.41, 5.74) is 1.85. The Balaban J connectivity index is 2.03. The zero-order chi connectivity index (χ0) is 15.0. The molecule has 2 heterocycles. The number of hydrogen-bond acceptors (Lipinski definition) is 4. The van der Waals surface area contributed by atoms with Gasteiger partial charge in [0, 0.05) is 33.3 Å². The second kappa shape index (κ2) is 5.61. The summed E-state index contributed by atoms with van der Waals surface area (Å²) in [7, 11) is -1.16. The van der Waals surface area contributed by atoms with Crippen LogP contribution in [0.3, 0.4) is 0 Å². The quantitative estimate of drug-likeness (QED) is 0.904. The van der Waals surface area contributed by atoms with Crippen LogP contribution in [0.4, 0.5) is 0 Å². The zero-order valence-corrected chi connectivity index (χ0v) is 12.5. The minimum Gasteiger partial charge on any atom is -0.480 e. The maximum absolute atomic E-state index is 11.9. The van der Waals surface area contributed by atoms with Gasteiger partial charge in [-0.3, -0.25) is 14.3 Å². The number of carbonyl (C=O) groups is 1. The first kappa shape index (κ1) is 14.3. The van der Waals surface area contributed by atoms with Crippen molar-refractivity contribution < 1.29 is 18.5 Å². The van der Waals surface area contributed by atoms with E-state index < -0.39 is 22.8 Å². The molecule has 2 N–H and O–H groups in total. The minimum atomic E-state index is -1.16. The summed E-state index contributed by atoms with van der Waals surface area (Å²) in [4.78, 5) is 11.2. The Labute approximate surface area is 124 Å². The highest BCUT2D eigenvalue weighted by atomic mass is 32.2. The van der Waals surface area contributed by atoms with Crippen molar-refractivity contribution in [1.29, 1.82) is 0 Å². The van der Waals surface area contributed by atoms with E-state index in [0.29, 0.717) is 5.75 Å². The molecule has 3 atom stereocenters. The maximum atomic E-state index is 11.9. The monoisotopic (exact) mass is 307 g/mol. The van der Waals surface area contributed by atoms with Crippen molar-refractivity contribution in [3.63, 3.8) is 0 Å². The third-order valence-electron chi connectivity index (χ3n) is 3.81. The lowest BCUT2D eigenvalue weighted by molar-refractivity contribution is -0.139. The first-order valence-electron chi connectivity index (χ1n) is 6.94. The summed E-state index contributed by atoms with van der Waals surface area (Å²) >= 11 is 0. The van der Waals surface area contributed by atoms with E-state index in [-0.39, 0.29) is 11.8 Å². The average Bonchev–Trinajstić information content (AvgIpc) is 2.85. The van der Waals surface area contributed by atoms with Gasteiger partial charge in [-0.1, -0.05) is 25.1 Å². The smallest absolute Gasteiger partial charge is 0.321 e. The van der Waals surface area contributed by atoms with Crippen molar-refractivity contribution >= 4 is 27.7 Å². The van der Waals surface area contributed by atoms with Crippen LogP contribution in [0.5, 0.6) is 0 Å². The summed E-state index contributed by atoms with van der Waals surface area (Å²) in [6, 6.07) is 6.64. The van der Waals surface area contributed by atoms with Crippen molar-refractivity contribution in [2.75, 3.05) is 11.5 Å². The maximum Gasteiger partial charge on any atom is 0.321 e. The van der Waals surface area contributed by atoms with E-state index >= 15 is 0 Å². The highest BCUT2D eigenvalue weighted by molar-refractivity contribution is 7.85. The summed E-state index contributed by atoms with van der Waals surface area (Å²) in [6.07, 6.45) is 0.787. The fourth-order valence-corrected chi connectivity index (χ4v) is 4.20. The highest BCUT2D eigenvalue weighted by Crippen LogP contribution is 2.32. The largest absolute Gasteiger partial charge is 0.480 e. The second-order valence-corrected chi connectivity index (χ2v) is 6.72. The predicted molar refractivity (Wildman–Crippen MR) is 80.8 cm³/mol. The van der Waals surface area contributed by atoms with Gasteiger partial charge in [-0.2, -0.15) is 0 Å². The highest BCUT2D eigenvalue weighted by Gasteiger charge is 2.34. The van der Waals surface area contributed by atoms with Gasteiger partial charge in [-0.15, -0.1) is 0 Å². The Morgan fingerprint density at radius 3 is 2.90 bits per heavy atom. The van der Waals surface area contributed by atoms with E-state index in [9.17, 15) is 9.00 Å². The number of aliphatic carboxylic acids is 1. The molecule has 1 aromatic carbocycles. The van der Waals surface area contributed by atoms with E-state index in [1.54, 1.807) is 0 Å². The molecule has 21 heavy (non-hydrogen) atoms. The lowest BCUT2D eigenvalue weighted by atomic mass is 10.0. The molecule has 0 bridgehead atoms. The van der Waals surface area contributed by atoms with Crippen molar-refractivity contribution in [3.05, 3.63) is 35.6 Å². The van der Waals surface area contributed by atoms with Gasteiger partial charge in [-0.05, 0) is 12.5 Å². The Bertz CT molecular complexity index is 709. The molecule has 1 aliphatic heterocycles. The first-order chi connectivity index (χ1) is 10.1. The van der Waals surface area contributed by atoms with E-state index in [2.05, 4.69) is 5.32 Å². The van der Waals surface area contributed by atoms with Crippen LogP contribution in [-0.4, -0.2) is 32.8 Å². The lowest BCUT2D eigenvalue weighted by Crippen LogP contribution is -2.49. The number of carboxylic acid groups (broad SMARTS) is 1. The molecular weight excluding hydrogens is 290 g/mol. The Kier molecular flexibility index (Phi) is 3.82. The van der Waals surface area contributed by atoms with Gasteiger partial charge in [0.05, 0.1) is 6.04 Å². The molecule has 1 fully saturated rings. The van der Waals surface area contributed by atoms with Gasteiger partial charge in [0.2, 0.25) is 0 Å². The molecule has 1 aromatic heterocycles. The third kappa shape index (κ3) is 2.61. The van der Waals surface area contributed by atoms with Gasteiger partial charge < -0.3 is 9.52 Å². The SMILES string of the molecule is CCc1c(C2CS(=O)CC(C(=O)O)N2)oc2ccccc12. The van der Waals surface area contributed by atoms with Gasteiger partial charge in [0.1, 0.15) is 17.4 Å².